The number of nitrogens with zero attached hydrogens (tertiary/aromatic N) is 2. The van der Waals surface area contributed by atoms with E-state index in [9.17, 15) is 9.90 Å². The van der Waals surface area contributed by atoms with Gasteiger partial charge in [-0.2, -0.15) is 0 Å². The standard InChI is InChI=1S/C21H24N2O2S/c24-19-8-5-7-15-16(19)10-13-23(18(15)14-22-11-3-4-12-22)21(25)17-6-1-2-9-20(17)26/h1-2,5-8,18,24H,3-4,9-14H2. The van der Waals surface area contributed by atoms with Crippen LogP contribution < -0.4 is 0 Å². The number of aromatic hydroxyl groups is 1. The van der Waals surface area contributed by atoms with Gasteiger partial charge in [0.15, 0.2) is 0 Å². The van der Waals surface area contributed by atoms with Crippen LogP contribution in [0.15, 0.2) is 42.0 Å². The van der Waals surface area contributed by atoms with Crippen LogP contribution >= 0.6 is 12.2 Å². The molecule has 1 aromatic carbocycles. The summed E-state index contributed by atoms with van der Waals surface area (Å²) in [6.07, 6.45) is 9.53. The van der Waals surface area contributed by atoms with E-state index >= 15 is 0 Å². The molecule has 0 radical (unpaired) electrons. The first-order valence-electron chi connectivity index (χ1n) is 9.39. The van der Waals surface area contributed by atoms with Gasteiger partial charge in [-0.1, -0.05) is 36.5 Å². The molecule has 1 saturated heterocycles. The lowest BCUT2D eigenvalue weighted by Crippen LogP contribution is -2.46. The average molecular weight is 369 g/mol. The number of allylic oxidation sites excluding steroid dienone is 3. The van der Waals surface area contributed by atoms with E-state index in [2.05, 4.69) is 11.0 Å². The van der Waals surface area contributed by atoms with Crippen LogP contribution in [0.4, 0.5) is 0 Å². The first-order valence-corrected chi connectivity index (χ1v) is 9.80. The third kappa shape index (κ3) is 3.21. The first-order chi connectivity index (χ1) is 12.6. The average Bonchev–Trinajstić information content (AvgIpc) is 3.15. The van der Waals surface area contributed by atoms with Gasteiger partial charge < -0.3 is 14.9 Å². The third-order valence-corrected chi connectivity index (χ3v) is 6.04. The lowest BCUT2D eigenvalue weighted by molar-refractivity contribution is -0.129. The van der Waals surface area contributed by atoms with E-state index in [1.54, 1.807) is 6.07 Å². The summed E-state index contributed by atoms with van der Waals surface area (Å²) in [5.74, 6) is 0.369. The van der Waals surface area contributed by atoms with Gasteiger partial charge in [0.1, 0.15) is 5.75 Å². The number of carbonyl (C=O) groups excluding carboxylic acids is 1. The SMILES string of the molecule is O=C(C1=CC=CCC1=S)N1CCc2c(O)cccc2C1CN1CCCC1. The van der Waals surface area contributed by atoms with E-state index < -0.39 is 0 Å². The number of benzene rings is 1. The fourth-order valence-corrected chi connectivity index (χ4v) is 4.52. The molecule has 0 saturated carbocycles. The van der Waals surface area contributed by atoms with Crippen LogP contribution in [0.5, 0.6) is 5.75 Å². The summed E-state index contributed by atoms with van der Waals surface area (Å²) < 4.78 is 0. The molecule has 26 heavy (non-hydrogen) atoms. The second-order valence-corrected chi connectivity index (χ2v) is 7.75. The minimum absolute atomic E-state index is 0.0255. The highest BCUT2D eigenvalue weighted by atomic mass is 32.1. The number of likely N-dealkylation sites (tertiary alicyclic amines) is 1. The molecule has 4 nitrogen and oxygen atoms in total. The molecular formula is C21H24N2O2S. The normalized spacial score (nSPS) is 23.1. The van der Waals surface area contributed by atoms with Crippen molar-refractivity contribution in [2.75, 3.05) is 26.2 Å². The van der Waals surface area contributed by atoms with Crippen molar-refractivity contribution in [1.29, 1.82) is 0 Å². The summed E-state index contributed by atoms with van der Waals surface area (Å²) in [5.41, 5.74) is 2.72. The van der Waals surface area contributed by atoms with E-state index in [4.69, 9.17) is 12.2 Å². The van der Waals surface area contributed by atoms with Gasteiger partial charge in [0, 0.05) is 29.9 Å². The molecule has 0 spiro atoms. The van der Waals surface area contributed by atoms with Crippen molar-refractivity contribution in [1.82, 2.24) is 9.80 Å². The Kier molecular flexibility index (Phi) is 4.92. The molecule has 3 aliphatic rings. The van der Waals surface area contributed by atoms with Crippen molar-refractivity contribution in [3.8, 4) is 5.75 Å². The molecule has 2 heterocycles. The molecule has 136 valence electrons. The zero-order chi connectivity index (χ0) is 18.1. The molecule has 1 aromatic rings. The van der Waals surface area contributed by atoms with Crippen molar-refractivity contribution in [3.05, 3.63) is 53.1 Å². The number of phenols is 1. The molecule has 2 aliphatic heterocycles. The molecule has 1 aliphatic carbocycles. The van der Waals surface area contributed by atoms with E-state index in [-0.39, 0.29) is 11.9 Å². The molecule has 1 fully saturated rings. The van der Waals surface area contributed by atoms with Crippen molar-refractivity contribution in [2.45, 2.75) is 31.7 Å². The van der Waals surface area contributed by atoms with Gasteiger partial charge in [-0.15, -0.1) is 0 Å². The van der Waals surface area contributed by atoms with E-state index in [1.807, 2.05) is 29.2 Å². The Morgan fingerprint density at radius 3 is 2.81 bits per heavy atom. The number of fused-ring (bicyclic) bond motifs is 1. The highest BCUT2D eigenvalue weighted by Gasteiger charge is 2.35. The van der Waals surface area contributed by atoms with Gasteiger partial charge in [0.2, 0.25) is 0 Å². The van der Waals surface area contributed by atoms with Gasteiger partial charge in [0.25, 0.3) is 5.91 Å². The molecule has 0 aromatic heterocycles. The highest BCUT2D eigenvalue weighted by Crippen LogP contribution is 2.36. The largest absolute Gasteiger partial charge is 0.508 e. The molecule has 1 atom stereocenters. The minimum Gasteiger partial charge on any atom is -0.508 e. The zero-order valence-corrected chi connectivity index (χ0v) is 15.7. The van der Waals surface area contributed by atoms with E-state index in [1.165, 1.54) is 12.8 Å². The van der Waals surface area contributed by atoms with Gasteiger partial charge >= 0.3 is 0 Å². The second kappa shape index (κ2) is 7.33. The predicted octanol–water partition coefficient (Wildman–Crippen LogP) is 3.17. The molecule has 1 N–H and O–H groups in total. The summed E-state index contributed by atoms with van der Waals surface area (Å²) >= 11 is 5.44. The number of hydrogen-bond acceptors (Lipinski definition) is 4. The number of thiocarbonyl (C=S) groups is 1. The van der Waals surface area contributed by atoms with Gasteiger partial charge in [-0.3, -0.25) is 4.79 Å². The summed E-state index contributed by atoms with van der Waals surface area (Å²) in [6.45, 7) is 3.59. The molecular weight excluding hydrogens is 344 g/mol. The summed E-state index contributed by atoms with van der Waals surface area (Å²) in [7, 11) is 0. The molecule has 5 heteroatoms. The Morgan fingerprint density at radius 1 is 1.23 bits per heavy atom. The first kappa shape index (κ1) is 17.4. The monoisotopic (exact) mass is 368 g/mol. The lowest BCUT2D eigenvalue weighted by Gasteiger charge is -2.40. The predicted molar refractivity (Wildman–Crippen MR) is 106 cm³/mol. The van der Waals surface area contributed by atoms with Crippen LogP contribution in [0.3, 0.4) is 0 Å². The molecule has 0 bridgehead atoms. The maximum atomic E-state index is 13.3. The van der Waals surface area contributed by atoms with E-state index in [0.29, 0.717) is 30.7 Å². The number of phenolic OH excluding ortho intramolecular Hbond substituents is 1. The Hall–Kier alpha value is -1.98. The Bertz CT molecular complexity index is 793. The Morgan fingerprint density at radius 2 is 2.04 bits per heavy atom. The highest BCUT2D eigenvalue weighted by molar-refractivity contribution is 7.81. The quantitative estimate of drug-likeness (QED) is 0.833. The number of amides is 1. The fourth-order valence-electron chi connectivity index (χ4n) is 4.27. The van der Waals surface area contributed by atoms with Gasteiger partial charge in [0.05, 0.1) is 11.6 Å². The van der Waals surface area contributed by atoms with Gasteiger partial charge in [-0.05, 0) is 50.1 Å². The molecule has 1 amide bonds. The zero-order valence-electron chi connectivity index (χ0n) is 14.9. The Labute approximate surface area is 159 Å². The van der Waals surface area contributed by atoms with Gasteiger partial charge in [-0.25, -0.2) is 0 Å². The molecule has 4 rings (SSSR count). The fraction of sp³-hybridized carbons (Fsp3) is 0.429. The summed E-state index contributed by atoms with van der Waals surface area (Å²) in [4.78, 5) is 18.4. The van der Waals surface area contributed by atoms with Crippen LogP contribution in [0.1, 0.15) is 36.4 Å². The lowest BCUT2D eigenvalue weighted by atomic mass is 9.90. The summed E-state index contributed by atoms with van der Waals surface area (Å²) in [5, 5.41) is 10.3. The smallest absolute Gasteiger partial charge is 0.255 e. The number of carbonyl (C=O) groups is 1. The van der Waals surface area contributed by atoms with Crippen molar-refractivity contribution < 1.29 is 9.90 Å². The second-order valence-electron chi connectivity index (χ2n) is 7.25. The van der Waals surface area contributed by atoms with Crippen molar-refractivity contribution >= 4 is 23.0 Å². The molecule has 1 unspecified atom stereocenters. The van der Waals surface area contributed by atoms with Crippen molar-refractivity contribution in [3.63, 3.8) is 0 Å². The van der Waals surface area contributed by atoms with Crippen LogP contribution in [0, 0.1) is 0 Å². The van der Waals surface area contributed by atoms with Crippen LogP contribution in [0.25, 0.3) is 0 Å². The van der Waals surface area contributed by atoms with Crippen LogP contribution in [0.2, 0.25) is 0 Å². The number of hydrogen-bond donors (Lipinski definition) is 1. The minimum atomic E-state index is -0.0361. The number of rotatable bonds is 3. The van der Waals surface area contributed by atoms with E-state index in [0.717, 1.165) is 35.6 Å². The third-order valence-electron chi connectivity index (χ3n) is 5.65. The van der Waals surface area contributed by atoms with Crippen LogP contribution in [-0.4, -0.2) is 51.9 Å². The Balaban J connectivity index is 1.68. The van der Waals surface area contributed by atoms with Crippen molar-refractivity contribution in [2.24, 2.45) is 0 Å². The topological polar surface area (TPSA) is 43.8 Å². The van der Waals surface area contributed by atoms with Crippen LogP contribution in [-0.2, 0) is 11.2 Å². The maximum absolute atomic E-state index is 13.3. The maximum Gasteiger partial charge on any atom is 0.255 e. The summed E-state index contributed by atoms with van der Waals surface area (Å²) in [6, 6.07) is 5.65.